The van der Waals surface area contributed by atoms with Gasteiger partial charge in [0.25, 0.3) is 5.92 Å². The minimum Gasteiger partial charge on any atom is -0.378 e. The second-order valence-electron chi connectivity index (χ2n) is 2.51. The third-order valence-electron chi connectivity index (χ3n) is 1.48. The van der Waals surface area contributed by atoms with Crippen molar-refractivity contribution < 1.29 is 13.5 Å². The summed E-state index contributed by atoms with van der Waals surface area (Å²) in [5, 5.41) is 0.192. The van der Waals surface area contributed by atoms with Gasteiger partial charge in [0, 0.05) is 18.9 Å². The number of hydrogen-bond donors (Lipinski definition) is 0. The van der Waals surface area contributed by atoms with E-state index in [9.17, 15) is 8.78 Å². The normalized spacial score (nSPS) is 11.7. The molecule has 0 aliphatic heterocycles. The van der Waals surface area contributed by atoms with Gasteiger partial charge in [-0.2, -0.15) is 8.78 Å². The Kier molecular flexibility index (Phi) is 3.17. The van der Waals surface area contributed by atoms with E-state index < -0.39 is 12.5 Å². The Bertz CT molecular complexity index is 276. The summed E-state index contributed by atoms with van der Waals surface area (Å²) < 4.78 is 30.5. The maximum atomic E-state index is 13.1. The van der Waals surface area contributed by atoms with Crippen molar-refractivity contribution in [1.82, 2.24) is 4.98 Å². The van der Waals surface area contributed by atoms with Crippen molar-refractivity contribution in [3.63, 3.8) is 0 Å². The second-order valence-corrected chi connectivity index (χ2v) is 2.89. The molecule has 1 rings (SSSR count). The zero-order valence-corrected chi connectivity index (χ0v) is 7.68. The number of alkyl halides is 2. The lowest BCUT2D eigenvalue weighted by Crippen LogP contribution is -2.20. The van der Waals surface area contributed by atoms with E-state index >= 15 is 0 Å². The second kappa shape index (κ2) is 3.98. The molecule has 0 saturated heterocycles. The van der Waals surface area contributed by atoms with Gasteiger partial charge in [-0.3, -0.25) is 0 Å². The molecule has 2 nitrogen and oxygen atoms in total. The summed E-state index contributed by atoms with van der Waals surface area (Å²) in [4.78, 5) is 3.56. The maximum Gasteiger partial charge on any atom is 0.297 e. The van der Waals surface area contributed by atoms with Gasteiger partial charge in [-0.25, -0.2) is 4.98 Å². The van der Waals surface area contributed by atoms with Crippen molar-refractivity contribution >= 4 is 11.6 Å². The predicted molar refractivity (Wildman–Crippen MR) is 45.0 cm³/mol. The van der Waals surface area contributed by atoms with Crippen LogP contribution in [0.5, 0.6) is 0 Å². The highest BCUT2D eigenvalue weighted by Crippen LogP contribution is 2.27. The Hall–Kier alpha value is -0.740. The third kappa shape index (κ3) is 2.60. The van der Waals surface area contributed by atoms with Gasteiger partial charge in [0.1, 0.15) is 11.8 Å². The van der Waals surface area contributed by atoms with Gasteiger partial charge in [-0.1, -0.05) is 11.6 Å². The molecule has 0 N–H and O–H groups in total. The molecule has 0 bridgehead atoms. The van der Waals surface area contributed by atoms with Crippen molar-refractivity contribution in [3.05, 3.63) is 29.0 Å². The molecule has 0 aromatic carbocycles. The topological polar surface area (TPSA) is 22.1 Å². The summed E-state index contributed by atoms with van der Waals surface area (Å²) in [5.74, 6) is -3.01. The van der Waals surface area contributed by atoms with E-state index in [0.29, 0.717) is 0 Å². The lowest BCUT2D eigenvalue weighted by Gasteiger charge is -2.14. The highest BCUT2D eigenvalue weighted by Gasteiger charge is 2.31. The van der Waals surface area contributed by atoms with Crippen LogP contribution in [0.25, 0.3) is 0 Å². The Morgan fingerprint density at radius 2 is 2.23 bits per heavy atom. The van der Waals surface area contributed by atoms with Crippen molar-refractivity contribution in [2.75, 3.05) is 13.7 Å². The minimum absolute atomic E-state index is 0.192. The summed E-state index contributed by atoms with van der Waals surface area (Å²) in [6.07, 6.45) is 1.04. The fourth-order valence-electron chi connectivity index (χ4n) is 0.857. The van der Waals surface area contributed by atoms with Crippen molar-refractivity contribution in [1.29, 1.82) is 0 Å². The number of methoxy groups -OCH3 is 1. The molecular formula is C8H8ClF2NO. The Morgan fingerprint density at radius 3 is 2.69 bits per heavy atom. The number of rotatable bonds is 3. The molecule has 72 valence electrons. The summed E-state index contributed by atoms with van der Waals surface area (Å²) in [5.41, 5.74) is -0.196. The highest BCUT2D eigenvalue weighted by atomic mass is 35.5. The van der Waals surface area contributed by atoms with E-state index in [2.05, 4.69) is 9.72 Å². The number of nitrogens with zero attached hydrogens (tertiary/aromatic N) is 1. The van der Waals surface area contributed by atoms with Gasteiger partial charge in [0.05, 0.1) is 0 Å². The van der Waals surface area contributed by atoms with E-state index in [1.807, 2.05) is 0 Å². The van der Waals surface area contributed by atoms with E-state index in [1.54, 1.807) is 0 Å². The largest absolute Gasteiger partial charge is 0.378 e. The molecule has 5 heteroatoms. The molecule has 0 aliphatic rings. The fraction of sp³-hybridized carbons (Fsp3) is 0.375. The average Bonchev–Trinajstić information content (AvgIpc) is 2.05. The third-order valence-corrected chi connectivity index (χ3v) is 1.70. The van der Waals surface area contributed by atoms with Crippen molar-refractivity contribution in [2.45, 2.75) is 5.92 Å². The number of pyridine rings is 1. The molecule has 0 aliphatic carbocycles. The quantitative estimate of drug-likeness (QED) is 0.711. The monoisotopic (exact) mass is 207 g/mol. The van der Waals surface area contributed by atoms with E-state index in [4.69, 9.17) is 11.6 Å². The molecule has 1 aromatic rings. The molecular weight excluding hydrogens is 200 g/mol. The van der Waals surface area contributed by atoms with Gasteiger partial charge < -0.3 is 4.74 Å². The first-order chi connectivity index (χ1) is 6.06. The lowest BCUT2D eigenvalue weighted by molar-refractivity contribution is -0.0700. The van der Waals surface area contributed by atoms with Crippen LogP contribution in [0.4, 0.5) is 8.78 Å². The van der Waals surface area contributed by atoms with Crippen LogP contribution in [-0.4, -0.2) is 18.7 Å². The van der Waals surface area contributed by atoms with Gasteiger partial charge >= 0.3 is 0 Å². The van der Waals surface area contributed by atoms with E-state index in [-0.39, 0.29) is 10.7 Å². The SMILES string of the molecule is COCC(F)(F)c1ccc(Cl)nc1. The van der Waals surface area contributed by atoms with Crippen LogP contribution < -0.4 is 0 Å². The minimum atomic E-state index is -3.01. The number of halogens is 3. The van der Waals surface area contributed by atoms with Gasteiger partial charge in [-0.05, 0) is 12.1 Å². The van der Waals surface area contributed by atoms with Gasteiger partial charge in [0.2, 0.25) is 0 Å². The van der Waals surface area contributed by atoms with Crippen molar-refractivity contribution in [2.24, 2.45) is 0 Å². The maximum absolute atomic E-state index is 13.1. The number of ether oxygens (including phenoxy) is 1. The van der Waals surface area contributed by atoms with Crippen LogP contribution >= 0.6 is 11.6 Å². The van der Waals surface area contributed by atoms with Crippen LogP contribution in [0, 0.1) is 0 Å². The predicted octanol–water partition coefficient (Wildman–Crippen LogP) is 2.47. The number of aromatic nitrogens is 1. The summed E-state index contributed by atoms with van der Waals surface area (Å²) >= 11 is 5.45. The van der Waals surface area contributed by atoms with Gasteiger partial charge in [-0.15, -0.1) is 0 Å². The zero-order chi connectivity index (χ0) is 9.90. The molecule has 0 atom stereocenters. The molecule has 0 unspecified atom stereocenters. The first-order valence-corrected chi connectivity index (χ1v) is 3.93. The smallest absolute Gasteiger partial charge is 0.297 e. The summed E-state index contributed by atoms with van der Waals surface area (Å²) in [6, 6.07) is 2.55. The Balaban J connectivity index is 2.87. The summed E-state index contributed by atoms with van der Waals surface area (Å²) in [7, 11) is 1.22. The summed E-state index contributed by atoms with van der Waals surface area (Å²) in [6.45, 7) is -0.656. The van der Waals surface area contributed by atoms with Crippen LogP contribution in [0.2, 0.25) is 5.15 Å². The van der Waals surface area contributed by atoms with Gasteiger partial charge in [0.15, 0.2) is 0 Å². The molecule has 0 fully saturated rings. The first kappa shape index (κ1) is 10.3. The average molecular weight is 208 g/mol. The Labute approximate surface area is 79.5 Å². The standard InChI is InChI=1S/C8H8ClF2NO/c1-13-5-8(10,11)6-2-3-7(9)12-4-6/h2-4H,5H2,1H3. The first-order valence-electron chi connectivity index (χ1n) is 3.55. The van der Waals surface area contributed by atoms with E-state index in [0.717, 1.165) is 6.20 Å². The molecule has 0 saturated carbocycles. The molecule has 0 radical (unpaired) electrons. The molecule has 0 amide bonds. The molecule has 0 spiro atoms. The van der Waals surface area contributed by atoms with Crippen LogP contribution in [0.1, 0.15) is 5.56 Å². The number of hydrogen-bond acceptors (Lipinski definition) is 2. The highest BCUT2D eigenvalue weighted by molar-refractivity contribution is 6.29. The lowest BCUT2D eigenvalue weighted by atomic mass is 10.1. The Morgan fingerprint density at radius 1 is 1.54 bits per heavy atom. The molecule has 1 aromatic heterocycles. The zero-order valence-electron chi connectivity index (χ0n) is 6.93. The van der Waals surface area contributed by atoms with Crippen molar-refractivity contribution in [3.8, 4) is 0 Å². The van der Waals surface area contributed by atoms with Crippen LogP contribution in [-0.2, 0) is 10.7 Å². The fourth-order valence-corrected chi connectivity index (χ4v) is 0.969. The van der Waals surface area contributed by atoms with E-state index in [1.165, 1.54) is 19.2 Å². The molecule has 1 heterocycles. The molecule has 13 heavy (non-hydrogen) atoms. The van der Waals surface area contributed by atoms with Crippen LogP contribution in [0.15, 0.2) is 18.3 Å². The van der Waals surface area contributed by atoms with Crippen LogP contribution in [0.3, 0.4) is 0 Å².